The molecule has 0 spiro atoms. The number of carbonyl (C=O) groups is 1. The van der Waals surface area contributed by atoms with Crippen LogP contribution < -0.4 is 10.1 Å². The lowest BCUT2D eigenvalue weighted by molar-refractivity contribution is 0.0968. The molecule has 1 N–H and O–H groups in total. The van der Waals surface area contributed by atoms with E-state index in [1.54, 1.807) is 0 Å². The lowest BCUT2D eigenvalue weighted by Gasteiger charge is -2.02. The van der Waals surface area contributed by atoms with Crippen molar-refractivity contribution in [2.45, 2.75) is 0 Å². The molecule has 5 heteroatoms. The van der Waals surface area contributed by atoms with Crippen LogP contribution in [0.25, 0.3) is 0 Å². The third-order valence-corrected chi connectivity index (χ3v) is 1.60. The van der Waals surface area contributed by atoms with E-state index < -0.39 is 0 Å². The maximum atomic E-state index is 11.1. The molecule has 1 heterocycles. The molecule has 0 atom stereocenters. The minimum atomic E-state index is -0.331. The Bertz CT molecular complexity index is 328. The molecule has 1 aromatic rings. The van der Waals surface area contributed by atoms with Gasteiger partial charge in [-0.05, 0) is 6.07 Å². The summed E-state index contributed by atoms with van der Waals surface area (Å²) in [5, 5.41) is 2.44. The first-order chi connectivity index (χ1) is 6.17. The summed E-state index contributed by atoms with van der Waals surface area (Å²) < 4.78 is 4.83. The zero-order chi connectivity index (χ0) is 9.84. The highest BCUT2D eigenvalue weighted by Gasteiger charge is 2.07. The first kappa shape index (κ1) is 9.80. The van der Waals surface area contributed by atoms with Gasteiger partial charge in [-0.2, -0.15) is 0 Å². The SMILES string of the molecule is [CH2]NC(=O)c1cc(Cl)nc(OC)c1. The Hall–Kier alpha value is -1.29. The Morgan fingerprint density at radius 2 is 2.38 bits per heavy atom. The van der Waals surface area contributed by atoms with Crippen molar-refractivity contribution in [3.05, 3.63) is 29.9 Å². The Morgan fingerprint density at radius 1 is 1.69 bits per heavy atom. The Morgan fingerprint density at radius 3 is 2.92 bits per heavy atom. The van der Waals surface area contributed by atoms with E-state index in [1.165, 1.54) is 19.2 Å². The molecule has 13 heavy (non-hydrogen) atoms. The number of nitrogens with zero attached hydrogens (tertiary/aromatic N) is 1. The van der Waals surface area contributed by atoms with Gasteiger partial charge in [-0.1, -0.05) is 11.6 Å². The predicted octanol–water partition coefficient (Wildman–Crippen LogP) is 1.26. The van der Waals surface area contributed by atoms with Crippen LogP contribution in [-0.2, 0) is 0 Å². The average molecular weight is 200 g/mol. The molecule has 0 fully saturated rings. The number of aromatic nitrogens is 1. The first-order valence-electron chi connectivity index (χ1n) is 3.46. The van der Waals surface area contributed by atoms with Gasteiger partial charge in [0.25, 0.3) is 5.91 Å². The van der Waals surface area contributed by atoms with Crippen LogP contribution in [0.15, 0.2) is 12.1 Å². The van der Waals surface area contributed by atoms with E-state index in [9.17, 15) is 4.79 Å². The molecule has 0 aliphatic rings. The van der Waals surface area contributed by atoms with Crippen LogP contribution >= 0.6 is 11.6 Å². The summed E-state index contributed by atoms with van der Waals surface area (Å²) in [4.78, 5) is 14.9. The topological polar surface area (TPSA) is 51.2 Å². The molecule has 4 nitrogen and oxygen atoms in total. The Labute approximate surface area is 80.9 Å². The summed E-state index contributed by atoms with van der Waals surface area (Å²) in [5.74, 6) is -0.0336. The number of amides is 1. The number of rotatable bonds is 2. The standard InChI is InChI=1S/C8H8ClN2O2/c1-10-8(12)5-3-6(9)11-7(4-5)13-2/h3-4H,1H2,2H3,(H,10,12). The van der Waals surface area contributed by atoms with Crippen LogP contribution in [0, 0.1) is 7.05 Å². The monoisotopic (exact) mass is 199 g/mol. The van der Waals surface area contributed by atoms with E-state index in [0.717, 1.165) is 0 Å². The molecule has 0 saturated carbocycles. The van der Waals surface area contributed by atoms with Crippen LogP contribution in [0.2, 0.25) is 5.15 Å². The Kier molecular flexibility index (Phi) is 3.08. The largest absolute Gasteiger partial charge is 0.481 e. The van der Waals surface area contributed by atoms with Gasteiger partial charge in [0, 0.05) is 18.7 Å². The van der Waals surface area contributed by atoms with E-state index >= 15 is 0 Å². The predicted molar refractivity (Wildman–Crippen MR) is 48.6 cm³/mol. The molecule has 0 saturated heterocycles. The van der Waals surface area contributed by atoms with Crippen LogP contribution in [0.1, 0.15) is 10.4 Å². The van der Waals surface area contributed by atoms with Crippen LogP contribution in [-0.4, -0.2) is 18.0 Å². The second kappa shape index (κ2) is 4.09. The number of hydrogen-bond donors (Lipinski definition) is 1. The number of nitrogens with one attached hydrogen (secondary N) is 1. The maximum absolute atomic E-state index is 11.1. The minimum Gasteiger partial charge on any atom is -0.481 e. The van der Waals surface area contributed by atoms with Gasteiger partial charge >= 0.3 is 0 Å². The molecule has 0 bridgehead atoms. The number of pyridine rings is 1. The van der Waals surface area contributed by atoms with E-state index in [4.69, 9.17) is 16.3 Å². The highest BCUT2D eigenvalue weighted by Crippen LogP contribution is 2.15. The number of ether oxygens (including phenoxy) is 1. The van der Waals surface area contributed by atoms with Crippen LogP contribution in [0.5, 0.6) is 5.88 Å². The minimum absolute atomic E-state index is 0.206. The van der Waals surface area contributed by atoms with Gasteiger partial charge in [-0.15, -0.1) is 0 Å². The van der Waals surface area contributed by atoms with Crippen molar-refractivity contribution in [2.24, 2.45) is 0 Å². The second-order valence-electron chi connectivity index (χ2n) is 2.23. The molecule has 1 rings (SSSR count). The number of methoxy groups -OCH3 is 1. The van der Waals surface area contributed by atoms with Gasteiger partial charge in [-0.3, -0.25) is 4.79 Å². The molecular weight excluding hydrogens is 192 g/mol. The second-order valence-corrected chi connectivity index (χ2v) is 2.61. The molecule has 0 unspecified atom stereocenters. The third-order valence-electron chi connectivity index (χ3n) is 1.40. The number of halogens is 1. The number of carbonyl (C=O) groups excluding carboxylic acids is 1. The molecular formula is C8H8ClN2O2. The molecule has 1 aromatic heterocycles. The smallest absolute Gasteiger partial charge is 0.251 e. The van der Waals surface area contributed by atoms with Gasteiger partial charge < -0.3 is 10.1 Å². The van der Waals surface area contributed by atoms with Gasteiger partial charge in [0.15, 0.2) is 0 Å². The molecule has 0 aromatic carbocycles. The van der Waals surface area contributed by atoms with Gasteiger partial charge in [0.2, 0.25) is 5.88 Å². The molecule has 0 aliphatic carbocycles. The quantitative estimate of drug-likeness (QED) is 0.730. The van der Waals surface area contributed by atoms with Crippen molar-refractivity contribution in [1.82, 2.24) is 10.3 Å². The highest BCUT2D eigenvalue weighted by molar-refractivity contribution is 6.29. The van der Waals surface area contributed by atoms with Crippen LogP contribution in [0.4, 0.5) is 0 Å². The van der Waals surface area contributed by atoms with Gasteiger partial charge in [0.1, 0.15) is 5.15 Å². The fourth-order valence-electron chi connectivity index (χ4n) is 0.811. The molecule has 0 aliphatic heterocycles. The van der Waals surface area contributed by atoms with Crippen LogP contribution in [0.3, 0.4) is 0 Å². The third kappa shape index (κ3) is 2.32. The zero-order valence-corrected chi connectivity index (χ0v) is 7.76. The van der Waals surface area contributed by atoms with E-state index in [1.807, 2.05) is 0 Å². The average Bonchev–Trinajstić information content (AvgIpc) is 2.15. The van der Waals surface area contributed by atoms with Crippen molar-refractivity contribution in [1.29, 1.82) is 0 Å². The summed E-state index contributed by atoms with van der Waals surface area (Å²) >= 11 is 5.64. The van der Waals surface area contributed by atoms with E-state index in [2.05, 4.69) is 17.3 Å². The maximum Gasteiger partial charge on any atom is 0.251 e. The van der Waals surface area contributed by atoms with E-state index in [0.29, 0.717) is 11.4 Å². The molecule has 1 radical (unpaired) electrons. The summed E-state index contributed by atoms with van der Waals surface area (Å²) in [5.41, 5.74) is 0.367. The van der Waals surface area contributed by atoms with Gasteiger partial charge in [0.05, 0.1) is 7.11 Å². The first-order valence-corrected chi connectivity index (χ1v) is 3.84. The molecule has 1 amide bonds. The summed E-state index contributed by atoms with van der Waals surface area (Å²) in [7, 11) is 4.69. The summed E-state index contributed by atoms with van der Waals surface area (Å²) in [6.45, 7) is 0. The Balaban J connectivity index is 3.08. The molecule has 69 valence electrons. The lowest BCUT2D eigenvalue weighted by Crippen LogP contribution is -2.15. The lowest BCUT2D eigenvalue weighted by atomic mass is 10.2. The fourth-order valence-corrected chi connectivity index (χ4v) is 1.01. The summed E-state index contributed by atoms with van der Waals surface area (Å²) in [6.07, 6.45) is 0. The van der Waals surface area contributed by atoms with Crippen molar-refractivity contribution in [3.8, 4) is 5.88 Å². The van der Waals surface area contributed by atoms with Gasteiger partial charge in [-0.25, -0.2) is 4.98 Å². The van der Waals surface area contributed by atoms with E-state index in [-0.39, 0.29) is 11.1 Å². The zero-order valence-electron chi connectivity index (χ0n) is 7.00. The summed E-state index contributed by atoms with van der Waals surface area (Å²) in [6, 6.07) is 2.91. The highest BCUT2D eigenvalue weighted by atomic mass is 35.5. The number of hydrogen-bond acceptors (Lipinski definition) is 3. The van der Waals surface area contributed by atoms with Crippen molar-refractivity contribution in [2.75, 3.05) is 7.11 Å². The fraction of sp³-hybridized carbons (Fsp3) is 0.125. The van der Waals surface area contributed by atoms with Crippen molar-refractivity contribution >= 4 is 17.5 Å². The van der Waals surface area contributed by atoms with Crippen molar-refractivity contribution < 1.29 is 9.53 Å². The van der Waals surface area contributed by atoms with Crippen molar-refractivity contribution in [3.63, 3.8) is 0 Å². The normalized spacial score (nSPS) is 9.46.